The Labute approximate surface area is 118 Å². The van der Waals surface area contributed by atoms with Crippen molar-refractivity contribution in [2.45, 2.75) is 39.5 Å². The molecule has 4 heteroatoms. The van der Waals surface area contributed by atoms with E-state index in [-0.39, 0.29) is 5.56 Å². The summed E-state index contributed by atoms with van der Waals surface area (Å²) in [6.07, 6.45) is 3.95. The molecule has 0 aliphatic heterocycles. The van der Waals surface area contributed by atoms with Gasteiger partial charge in [0.15, 0.2) is 0 Å². The average Bonchev–Trinajstić information content (AvgIpc) is 2.37. The normalized spacial score (nSPS) is 13.9. The van der Waals surface area contributed by atoms with E-state index in [0.29, 0.717) is 5.95 Å². The fourth-order valence-corrected chi connectivity index (χ4v) is 2.85. The number of aryl methyl sites for hydroxylation is 3. The largest absolute Gasteiger partial charge is 0.326 e. The maximum atomic E-state index is 12.1. The molecule has 3 rings (SSSR count). The fraction of sp³-hybridized carbons (Fsp3) is 0.375. The zero-order valence-electron chi connectivity index (χ0n) is 11.9. The van der Waals surface area contributed by atoms with Crippen molar-refractivity contribution in [3.8, 4) is 0 Å². The van der Waals surface area contributed by atoms with Crippen molar-refractivity contribution in [3.05, 3.63) is 50.9 Å². The highest BCUT2D eigenvalue weighted by Crippen LogP contribution is 2.20. The predicted octanol–water partition coefficient (Wildman–Crippen LogP) is 3.01. The maximum Gasteiger partial charge on any atom is 0.255 e. The quantitative estimate of drug-likeness (QED) is 0.881. The Morgan fingerprint density at radius 2 is 1.80 bits per heavy atom. The number of fused-ring (bicyclic) bond motifs is 1. The van der Waals surface area contributed by atoms with E-state index < -0.39 is 0 Å². The Bertz CT molecular complexity index is 683. The monoisotopic (exact) mass is 269 g/mol. The number of aromatic nitrogens is 2. The molecule has 0 saturated carbocycles. The number of rotatable bonds is 2. The highest BCUT2D eigenvalue weighted by Gasteiger charge is 2.15. The van der Waals surface area contributed by atoms with Crippen molar-refractivity contribution in [1.29, 1.82) is 0 Å². The lowest BCUT2D eigenvalue weighted by atomic mass is 9.97. The third-order valence-electron chi connectivity index (χ3n) is 3.68. The number of H-pyrrole nitrogens is 1. The molecule has 0 amide bonds. The van der Waals surface area contributed by atoms with E-state index in [9.17, 15) is 4.79 Å². The number of benzene rings is 1. The van der Waals surface area contributed by atoms with E-state index in [1.807, 2.05) is 12.1 Å². The van der Waals surface area contributed by atoms with Crippen LogP contribution in [0.2, 0.25) is 0 Å². The molecule has 1 heterocycles. The van der Waals surface area contributed by atoms with Crippen LogP contribution in [0, 0.1) is 13.8 Å². The summed E-state index contributed by atoms with van der Waals surface area (Å²) in [5.74, 6) is 0.542. The van der Waals surface area contributed by atoms with Crippen LogP contribution in [0.5, 0.6) is 0 Å². The Morgan fingerprint density at radius 1 is 1.10 bits per heavy atom. The molecule has 0 atom stereocenters. The van der Waals surface area contributed by atoms with Crippen LogP contribution in [0.3, 0.4) is 0 Å². The van der Waals surface area contributed by atoms with E-state index in [1.165, 1.54) is 11.1 Å². The Hall–Kier alpha value is -2.10. The van der Waals surface area contributed by atoms with Crippen molar-refractivity contribution >= 4 is 11.6 Å². The molecule has 0 unspecified atom stereocenters. The van der Waals surface area contributed by atoms with Crippen LogP contribution >= 0.6 is 0 Å². The Morgan fingerprint density at radius 3 is 2.55 bits per heavy atom. The van der Waals surface area contributed by atoms with Crippen molar-refractivity contribution in [1.82, 2.24) is 9.97 Å². The number of nitrogens with one attached hydrogen (secondary N) is 2. The van der Waals surface area contributed by atoms with Gasteiger partial charge in [0.25, 0.3) is 5.56 Å². The van der Waals surface area contributed by atoms with Crippen molar-refractivity contribution in [3.63, 3.8) is 0 Å². The van der Waals surface area contributed by atoms with E-state index in [0.717, 1.165) is 42.6 Å². The van der Waals surface area contributed by atoms with E-state index >= 15 is 0 Å². The molecule has 1 aromatic carbocycles. The molecular formula is C16H19N3O. The van der Waals surface area contributed by atoms with Gasteiger partial charge in [0.05, 0.1) is 5.69 Å². The lowest BCUT2D eigenvalue weighted by Gasteiger charge is -2.15. The van der Waals surface area contributed by atoms with Gasteiger partial charge in [-0.25, -0.2) is 4.98 Å². The summed E-state index contributed by atoms with van der Waals surface area (Å²) in [4.78, 5) is 19.5. The molecular weight excluding hydrogens is 250 g/mol. The van der Waals surface area contributed by atoms with E-state index in [2.05, 4.69) is 35.2 Å². The number of nitrogens with zero attached hydrogens (tertiary/aromatic N) is 1. The first kappa shape index (κ1) is 12.9. The van der Waals surface area contributed by atoms with Crippen LogP contribution in [0.25, 0.3) is 0 Å². The van der Waals surface area contributed by atoms with Gasteiger partial charge in [-0.3, -0.25) is 9.78 Å². The summed E-state index contributed by atoms with van der Waals surface area (Å²) < 4.78 is 0. The van der Waals surface area contributed by atoms with Gasteiger partial charge in [-0.1, -0.05) is 6.07 Å². The number of hydrogen-bond donors (Lipinski definition) is 2. The molecule has 2 N–H and O–H groups in total. The molecule has 0 saturated heterocycles. The first-order valence-electron chi connectivity index (χ1n) is 7.09. The van der Waals surface area contributed by atoms with Crippen LogP contribution in [0.1, 0.15) is 35.2 Å². The highest BCUT2D eigenvalue weighted by molar-refractivity contribution is 5.56. The zero-order valence-corrected chi connectivity index (χ0v) is 11.9. The van der Waals surface area contributed by atoms with Gasteiger partial charge in [0, 0.05) is 11.3 Å². The Kier molecular flexibility index (Phi) is 3.30. The Balaban J connectivity index is 1.95. The second kappa shape index (κ2) is 5.12. The van der Waals surface area contributed by atoms with Gasteiger partial charge >= 0.3 is 0 Å². The first-order valence-corrected chi connectivity index (χ1v) is 7.09. The maximum absolute atomic E-state index is 12.1. The summed E-state index contributed by atoms with van der Waals surface area (Å²) in [6.45, 7) is 4.11. The molecule has 0 fully saturated rings. The number of anilines is 2. The molecule has 0 spiro atoms. The lowest BCUT2D eigenvalue weighted by molar-refractivity contribution is 0.658. The van der Waals surface area contributed by atoms with Crippen LogP contribution in [-0.4, -0.2) is 9.97 Å². The molecule has 0 bridgehead atoms. The molecule has 104 valence electrons. The topological polar surface area (TPSA) is 57.8 Å². The SMILES string of the molecule is Cc1cc(C)cc(Nc2nc3c(c(=O)[nH]2)CCCC3)c1. The van der Waals surface area contributed by atoms with Gasteiger partial charge in [-0.2, -0.15) is 0 Å². The predicted molar refractivity (Wildman–Crippen MR) is 80.7 cm³/mol. The second-order valence-corrected chi connectivity index (χ2v) is 5.55. The molecule has 2 aromatic rings. The molecule has 1 aliphatic rings. The average molecular weight is 269 g/mol. The van der Waals surface area contributed by atoms with Crippen LogP contribution < -0.4 is 10.9 Å². The minimum absolute atomic E-state index is 0.00146. The summed E-state index contributed by atoms with van der Waals surface area (Å²) in [7, 11) is 0. The molecule has 20 heavy (non-hydrogen) atoms. The summed E-state index contributed by atoms with van der Waals surface area (Å²) in [5, 5.41) is 3.21. The summed E-state index contributed by atoms with van der Waals surface area (Å²) >= 11 is 0. The van der Waals surface area contributed by atoms with Gasteiger partial charge in [0.2, 0.25) is 5.95 Å². The van der Waals surface area contributed by atoms with Crippen molar-refractivity contribution < 1.29 is 0 Å². The molecule has 1 aliphatic carbocycles. The number of hydrogen-bond acceptors (Lipinski definition) is 3. The highest BCUT2D eigenvalue weighted by atomic mass is 16.1. The van der Waals surface area contributed by atoms with Crippen LogP contribution in [0.4, 0.5) is 11.6 Å². The van der Waals surface area contributed by atoms with E-state index in [1.54, 1.807) is 0 Å². The van der Waals surface area contributed by atoms with Crippen molar-refractivity contribution in [2.24, 2.45) is 0 Å². The first-order chi connectivity index (χ1) is 9.61. The standard InChI is InChI=1S/C16H19N3O/c1-10-7-11(2)9-12(8-10)17-16-18-14-6-4-3-5-13(14)15(20)19-16/h7-9H,3-6H2,1-2H3,(H2,17,18,19,20). The third-order valence-corrected chi connectivity index (χ3v) is 3.68. The van der Waals surface area contributed by atoms with Crippen LogP contribution in [-0.2, 0) is 12.8 Å². The summed E-state index contributed by atoms with van der Waals surface area (Å²) in [5.41, 5.74) is 5.15. The lowest BCUT2D eigenvalue weighted by Crippen LogP contribution is -2.22. The van der Waals surface area contributed by atoms with Crippen molar-refractivity contribution in [2.75, 3.05) is 5.32 Å². The smallest absolute Gasteiger partial charge is 0.255 e. The molecule has 0 radical (unpaired) electrons. The second-order valence-electron chi connectivity index (χ2n) is 5.55. The van der Waals surface area contributed by atoms with Crippen LogP contribution in [0.15, 0.2) is 23.0 Å². The van der Waals surface area contributed by atoms with Gasteiger partial charge in [-0.15, -0.1) is 0 Å². The summed E-state index contributed by atoms with van der Waals surface area (Å²) in [6, 6.07) is 6.22. The zero-order chi connectivity index (χ0) is 14.1. The van der Waals surface area contributed by atoms with Gasteiger partial charge in [-0.05, 0) is 62.8 Å². The fourth-order valence-electron chi connectivity index (χ4n) is 2.85. The van der Waals surface area contributed by atoms with E-state index in [4.69, 9.17) is 0 Å². The molecule has 1 aromatic heterocycles. The van der Waals surface area contributed by atoms with Gasteiger partial charge < -0.3 is 5.32 Å². The van der Waals surface area contributed by atoms with Gasteiger partial charge in [0.1, 0.15) is 0 Å². The number of aromatic amines is 1. The minimum atomic E-state index is 0.00146. The third kappa shape index (κ3) is 2.59. The minimum Gasteiger partial charge on any atom is -0.326 e. The molecule has 4 nitrogen and oxygen atoms in total.